The number of nitrogens with zero attached hydrogens (tertiary/aromatic N) is 1. The second-order valence-electron chi connectivity index (χ2n) is 4.43. The van der Waals surface area contributed by atoms with Crippen molar-refractivity contribution in [2.24, 2.45) is 5.92 Å². The van der Waals surface area contributed by atoms with E-state index < -0.39 is 4.92 Å². The lowest BCUT2D eigenvalue weighted by atomic mass is 10.0. The van der Waals surface area contributed by atoms with E-state index in [4.69, 9.17) is 0 Å². The number of nitro benzene ring substituents is 1. The molecule has 0 saturated carbocycles. The average Bonchev–Trinajstić information content (AvgIpc) is 2.27. The summed E-state index contributed by atoms with van der Waals surface area (Å²) < 4.78 is 0. The second-order valence-corrected chi connectivity index (χ2v) is 4.43. The maximum Gasteiger partial charge on any atom is 0.269 e. The number of nitro groups is 1. The Morgan fingerprint density at radius 1 is 1.50 bits per heavy atom. The summed E-state index contributed by atoms with van der Waals surface area (Å²) >= 11 is 0. The molecule has 0 aliphatic carbocycles. The third kappa shape index (κ3) is 3.27. The summed E-state index contributed by atoms with van der Waals surface area (Å²) in [4.78, 5) is 21.8. The monoisotopic (exact) mass is 249 g/mol. The predicted molar refractivity (Wildman–Crippen MR) is 66.2 cm³/mol. The molecule has 96 valence electrons. The molecule has 1 aromatic rings. The van der Waals surface area contributed by atoms with Crippen molar-refractivity contribution in [2.75, 3.05) is 19.6 Å². The Morgan fingerprint density at radius 3 is 2.89 bits per heavy atom. The van der Waals surface area contributed by atoms with Crippen molar-refractivity contribution in [1.29, 1.82) is 0 Å². The molecule has 2 rings (SSSR count). The van der Waals surface area contributed by atoms with E-state index in [1.807, 2.05) is 0 Å². The van der Waals surface area contributed by atoms with Gasteiger partial charge in [0.2, 0.25) is 5.91 Å². The van der Waals surface area contributed by atoms with Crippen molar-refractivity contribution < 1.29 is 9.72 Å². The molecular formula is C12H15N3O3. The van der Waals surface area contributed by atoms with E-state index >= 15 is 0 Å². The molecule has 2 N–H and O–H groups in total. The molecule has 1 saturated heterocycles. The molecule has 6 heteroatoms. The van der Waals surface area contributed by atoms with Crippen molar-refractivity contribution in [3.63, 3.8) is 0 Å². The zero-order valence-corrected chi connectivity index (χ0v) is 9.89. The quantitative estimate of drug-likeness (QED) is 0.587. The predicted octanol–water partition coefficient (Wildman–Crippen LogP) is 0.473. The normalized spacial score (nSPS) is 14.9. The Kier molecular flexibility index (Phi) is 3.88. The fraction of sp³-hybridized carbons (Fsp3) is 0.417. The summed E-state index contributed by atoms with van der Waals surface area (Å²) in [6, 6.07) is 6.17. The Hall–Kier alpha value is -1.95. The molecule has 1 fully saturated rings. The van der Waals surface area contributed by atoms with Crippen LogP contribution in [0.4, 0.5) is 5.69 Å². The van der Waals surface area contributed by atoms with Crippen LogP contribution in [0, 0.1) is 16.0 Å². The Labute approximate surface area is 105 Å². The number of benzene rings is 1. The van der Waals surface area contributed by atoms with Crippen LogP contribution in [0.3, 0.4) is 0 Å². The maximum atomic E-state index is 11.6. The number of hydrogen-bond donors (Lipinski definition) is 2. The van der Waals surface area contributed by atoms with Gasteiger partial charge < -0.3 is 10.6 Å². The van der Waals surface area contributed by atoms with Gasteiger partial charge in [-0.1, -0.05) is 12.1 Å². The van der Waals surface area contributed by atoms with Gasteiger partial charge >= 0.3 is 0 Å². The fourth-order valence-corrected chi connectivity index (χ4v) is 1.78. The Balaban J connectivity index is 1.85. The molecule has 1 aliphatic rings. The minimum Gasteiger partial charge on any atom is -0.355 e. The van der Waals surface area contributed by atoms with E-state index in [-0.39, 0.29) is 18.0 Å². The lowest BCUT2D eigenvalue weighted by Crippen LogP contribution is -2.48. The van der Waals surface area contributed by atoms with E-state index in [9.17, 15) is 14.9 Å². The molecular weight excluding hydrogens is 234 g/mol. The molecule has 6 nitrogen and oxygen atoms in total. The first-order chi connectivity index (χ1) is 8.65. The second kappa shape index (κ2) is 5.59. The topological polar surface area (TPSA) is 84.3 Å². The van der Waals surface area contributed by atoms with Crippen LogP contribution in [0.15, 0.2) is 24.3 Å². The van der Waals surface area contributed by atoms with Crippen LogP contribution < -0.4 is 10.6 Å². The zero-order chi connectivity index (χ0) is 13.0. The van der Waals surface area contributed by atoms with Gasteiger partial charge in [0, 0.05) is 37.7 Å². The van der Waals surface area contributed by atoms with Crippen LogP contribution in [0.5, 0.6) is 0 Å². The molecule has 0 radical (unpaired) electrons. The molecule has 0 spiro atoms. The molecule has 1 heterocycles. The number of hydrogen-bond acceptors (Lipinski definition) is 4. The maximum absolute atomic E-state index is 11.6. The van der Waals surface area contributed by atoms with E-state index in [0.717, 1.165) is 13.1 Å². The molecule has 0 aromatic heterocycles. The summed E-state index contributed by atoms with van der Waals surface area (Å²) in [7, 11) is 0. The van der Waals surface area contributed by atoms with Gasteiger partial charge in [0.15, 0.2) is 0 Å². The summed E-state index contributed by atoms with van der Waals surface area (Å²) in [5, 5.41) is 16.6. The van der Waals surface area contributed by atoms with Crippen LogP contribution in [0.25, 0.3) is 0 Å². The number of amides is 1. The van der Waals surface area contributed by atoms with E-state index in [2.05, 4.69) is 10.6 Å². The number of carbonyl (C=O) groups excluding carboxylic acids is 1. The average molecular weight is 249 g/mol. The molecule has 0 bridgehead atoms. The van der Waals surface area contributed by atoms with Crippen molar-refractivity contribution in [3.8, 4) is 0 Å². The van der Waals surface area contributed by atoms with E-state index in [1.165, 1.54) is 12.1 Å². The third-order valence-electron chi connectivity index (χ3n) is 2.94. The van der Waals surface area contributed by atoms with Crippen LogP contribution in [0.2, 0.25) is 0 Å². The summed E-state index contributed by atoms with van der Waals surface area (Å²) in [6.45, 7) is 2.55. The van der Waals surface area contributed by atoms with Crippen molar-refractivity contribution in [2.45, 2.75) is 6.42 Å². The first-order valence-corrected chi connectivity index (χ1v) is 5.86. The highest BCUT2D eigenvalue weighted by atomic mass is 16.6. The van der Waals surface area contributed by atoms with Gasteiger partial charge in [-0.2, -0.15) is 0 Å². The van der Waals surface area contributed by atoms with Crippen molar-refractivity contribution in [1.82, 2.24) is 10.6 Å². The Bertz CT molecular complexity index is 458. The lowest BCUT2D eigenvalue weighted by molar-refractivity contribution is -0.384. The standard InChI is InChI=1S/C12H15N3O3/c16-12(14-8-10-6-13-7-10)5-9-2-1-3-11(4-9)15(17)18/h1-4,10,13H,5-8H2,(H,14,16). The van der Waals surface area contributed by atoms with Crippen LogP contribution in [0.1, 0.15) is 5.56 Å². The van der Waals surface area contributed by atoms with Crippen molar-refractivity contribution in [3.05, 3.63) is 39.9 Å². The highest BCUT2D eigenvalue weighted by molar-refractivity contribution is 5.78. The first-order valence-electron chi connectivity index (χ1n) is 5.86. The molecule has 1 amide bonds. The SMILES string of the molecule is O=C(Cc1cccc([N+](=O)[O-])c1)NCC1CNC1. The first kappa shape index (κ1) is 12.5. The van der Waals surface area contributed by atoms with Crippen LogP contribution >= 0.6 is 0 Å². The largest absolute Gasteiger partial charge is 0.355 e. The highest BCUT2D eigenvalue weighted by Crippen LogP contribution is 2.13. The third-order valence-corrected chi connectivity index (χ3v) is 2.94. The molecule has 18 heavy (non-hydrogen) atoms. The van der Waals surface area contributed by atoms with Gasteiger partial charge in [-0.05, 0) is 5.56 Å². The number of rotatable bonds is 5. The zero-order valence-electron chi connectivity index (χ0n) is 9.89. The van der Waals surface area contributed by atoms with Crippen LogP contribution in [-0.2, 0) is 11.2 Å². The van der Waals surface area contributed by atoms with Crippen molar-refractivity contribution >= 4 is 11.6 Å². The minimum absolute atomic E-state index is 0.0171. The van der Waals surface area contributed by atoms with Crippen LogP contribution in [-0.4, -0.2) is 30.5 Å². The molecule has 0 atom stereocenters. The van der Waals surface area contributed by atoms with E-state index in [0.29, 0.717) is 18.0 Å². The van der Waals surface area contributed by atoms with Gasteiger partial charge in [-0.25, -0.2) is 0 Å². The van der Waals surface area contributed by atoms with Gasteiger partial charge in [-0.3, -0.25) is 14.9 Å². The highest BCUT2D eigenvalue weighted by Gasteiger charge is 2.17. The lowest BCUT2D eigenvalue weighted by Gasteiger charge is -2.27. The number of carbonyl (C=O) groups is 1. The van der Waals surface area contributed by atoms with Gasteiger partial charge in [0.25, 0.3) is 5.69 Å². The summed E-state index contributed by atoms with van der Waals surface area (Å²) in [5.74, 6) is 0.418. The van der Waals surface area contributed by atoms with Gasteiger partial charge in [0.05, 0.1) is 11.3 Å². The molecule has 0 unspecified atom stereocenters. The van der Waals surface area contributed by atoms with Gasteiger partial charge in [0.1, 0.15) is 0 Å². The number of non-ortho nitro benzene ring substituents is 1. The molecule has 1 aromatic carbocycles. The fourth-order valence-electron chi connectivity index (χ4n) is 1.78. The Morgan fingerprint density at radius 2 is 2.28 bits per heavy atom. The minimum atomic E-state index is -0.457. The number of nitrogens with one attached hydrogen (secondary N) is 2. The summed E-state index contributed by atoms with van der Waals surface area (Å²) in [5.41, 5.74) is 0.678. The summed E-state index contributed by atoms with van der Waals surface area (Å²) in [6.07, 6.45) is 0.182. The smallest absolute Gasteiger partial charge is 0.269 e. The van der Waals surface area contributed by atoms with E-state index in [1.54, 1.807) is 12.1 Å². The molecule has 1 aliphatic heterocycles. The van der Waals surface area contributed by atoms with Gasteiger partial charge in [-0.15, -0.1) is 0 Å².